The lowest BCUT2D eigenvalue weighted by atomic mass is 10.1. The summed E-state index contributed by atoms with van der Waals surface area (Å²) in [4.78, 5) is 27.4. The number of benzene rings is 2. The average Bonchev–Trinajstić information content (AvgIpc) is 2.68. The lowest BCUT2D eigenvalue weighted by Crippen LogP contribution is -2.28. The Morgan fingerprint density at radius 1 is 1.04 bits per heavy atom. The molecule has 0 spiro atoms. The summed E-state index contributed by atoms with van der Waals surface area (Å²) in [7, 11) is 3.13. The van der Waals surface area contributed by atoms with Crippen molar-refractivity contribution in [3.05, 3.63) is 69.5 Å². The van der Waals surface area contributed by atoms with Crippen LogP contribution in [0.2, 0.25) is 0 Å². The highest BCUT2D eigenvalue weighted by Gasteiger charge is 2.09. The highest BCUT2D eigenvalue weighted by molar-refractivity contribution is 5.80. The van der Waals surface area contributed by atoms with Gasteiger partial charge in [0.25, 0.3) is 5.56 Å². The summed E-state index contributed by atoms with van der Waals surface area (Å²) < 4.78 is 10.5. The molecule has 28 heavy (non-hydrogen) atoms. The predicted octanol–water partition coefficient (Wildman–Crippen LogP) is 2.76. The van der Waals surface area contributed by atoms with E-state index in [0.717, 1.165) is 22.0 Å². The van der Waals surface area contributed by atoms with Crippen molar-refractivity contribution in [2.24, 2.45) is 0 Å². The summed E-state index contributed by atoms with van der Waals surface area (Å²) in [5.74, 6) is 1.10. The van der Waals surface area contributed by atoms with Gasteiger partial charge in [0.15, 0.2) is 11.5 Å². The van der Waals surface area contributed by atoms with Gasteiger partial charge in [-0.15, -0.1) is 0 Å². The number of amides is 1. The molecule has 2 aromatic carbocycles. The fraction of sp³-hybridized carbons (Fsp3) is 0.273. The molecule has 0 saturated heterocycles. The van der Waals surface area contributed by atoms with Crippen LogP contribution in [0.3, 0.4) is 0 Å². The van der Waals surface area contributed by atoms with E-state index in [-0.39, 0.29) is 17.9 Å². The van der Waals surface area contributed by atoms with Gasteiger partial charge in [0.05, 0.1) is 20.6 Å². The van der Waals surface area contributed by atoms with Crippen LogP contribution >= 0.6 is 0 Å². The highest BCUT2D eigenvalue weighted by Crippen LogP contribution is 2.27. The molecule has 0 saturated carbocycles. The van der Waals surface area contributed by atoms with E-state index in [1.165, 1.54) is 0 Å². The Hall–Kier alpha value is -3.28. The number of pyridine rings is 1. The molecule has 0 atom stereocenters. The summed E-state index contributed by atoms with van der Waals surface area (Å²) in [5, 5.41) is 3.85. The zero-order valence-electron chi connectivity index (χ0n) is 16.3. The Labute approximate surface area is 163 Å². The third-order valence-electron chi connectivity index (χ3n) is 4.61. The van der Waals surface area contributed by atoms with Gasteiger partial charge in [0.1, 0.15) is 0 Å². The first-order chi connectivity index (χ1) is 13.5. The van der Waals surface area contributed by atoms with Gasteiger partial charge in [-0.3, -0.25) is 9.59 Å². The van der Waals surface area contributed by atoms with E-state index >= 15 is 0 Å². The maximum Gasteiger partial charge on any atom is 0.251 e. The van der Waals surface area contributed by atoms with Crippen molar-refractivity contribution in [3.63, 3.8) is 0 Å². The number of hydrogen-bond acceptors (Lipinski definition) is 4. The van der Waals surface area contributed by atoms with Gasteiger partial charge in [-0.2, -0.15) is 0 Å². The lowest BCUT2D eigenvalue weighted by molar-refractivity contribution is -0.120. The van der Waals surface area contributed by atoms with Crippen molar-refractivity contribution in [2.45, 2.75) is 19.8 Å². The maximum absolute atomic E-state index is 12.2. The average molecular weight is 380 g/mol. The smallest absolute Gasteiger partial charge is 0.251 e. The number of aromatic amines is 1. The number of carbonyl (C=O) groups excluding carboxylic acids is 1. The van der Waals surface area contributed by atoms with Crippen molar-refractivity contribution in [1.29, 1.82) is 0 Å². The van der Waals surface area contributed by atoms with Crippen LogP contribution in [0, 0.1) is 6.92 Å². The molecular formula is C22H24N2O4. The topological polar surface area (TPSA) is 80.4 Å². The molecule has 3 aromatic rings. The second-order valence-electron chi connectivity index (χ2n) is 6.68. The van der Waals surface area contributed by atoms with Gasteiger partial charge < -0.3 is 19.8 Å². The molecule has 6 heteroatoms. The SMILES string of the molecule is COc1ccc(CC(=O)NCCc2cc3ccc(C)cc3[nH]c2=O)cc1OC. The first-order valence-corrected chi connectivity index (χ1v) is 9.10. The van der Waals surface area contributed by atoms with Crippen LogP contribution in [0.25, 0.3) is 10.9 Å². The maximum atomic E-state index is 12.2. The first-order valence-electron chi connectivity index (χ1n) is 9.10. The number of H-pyrrole nitrogens is 1. The predicted molar refractivity (Wildman–Crippen MR) is 109 cm³/mol. The van der Waals surface area contributed by atoms with Crippen LogP contribution in [-0.2, 0) is 17.6 Å². The molecule has 0 aliphatic rings. The highest BCUT2D eigenvalue weighted by atomic mass is 16.5. The van der Waals surface area contributed by atoms with Crippen LogP contribution in [0.1, 0.15) is 16.7 Å². The molecule has 146 valence electrons. The summed E-state index contributed by atoms with van der Waals surface area (Å²) in [6, 6.07) is 13.2. The fourth-order valence-electron chi connectivity index (χ4n) is 3.12. The van der Waals surface area contributed by atoms with E-state index < -0.39 is 0 Å². The number of nitrogens with one attached hydrogen (secondary N) is 2. The molecule has 1 aromatic heterocycles. The summed E-state index contributed by atoms with van der Waals surface area (Å²) >= 11 is 0. The number of hydrogen-bond donors (Lipinski definition) is 2. The van der Waals surface area contributed by atoms with Gasteiger partial charge >= 0.3 is 0 Å². The normalized spacial score (nSPS) is 10.7. The number of aryl methyl sites for hydroxylation is 1. The van der Waals surface area contributed by atoms with Gasteiger partial charge in [-0.1, -0.05) is 18.2 Å². The largest absolute Gasteiger partial charge is 0.493 e. The van der Waals surface area contributed by atoms with Crippen LogP contribution in [-0.4, -0.2) is 31.7 Å². The molecule has 0 bridgehead atoms. The Bertz CT molecular complexity index is 1060. The Morgan fingerprint density at radius 2 is 1.82 bits per heavy atom. The number of fused-ring (bicyclic) bond motifs is 1. The Kier molecular flexibility index (Phi) is 5.99. The summed E-state index contributed by atoms with van der Waals surface area (Å²) in [5.41, 5.74) is 3.29. The zero-order chi connectivity index (χ0) is 20.1. The zero-order valence-corrected chi connectivity index (χ0v) is 16.3. The van der Waals surface area contributed by atoms with Crippen molar-refractivity contribution < 1.29 is 14.3 Å². The third-order valence-corrected chi connectivity index (χ3v) is 4.61. The van der Waals surface area contributed by atoms with E-state index in [0.29, 0.717) is 30.0 Å². The molecule has 0 aliphatic carbocycles. The Balaban J connectivity index is 1.60. The van der Waals surface area contributed by atoms with E-state index in [9.17, 15) is 9.59 Å². The van der Waals surface area contributed by atoms with Crippen LogP contribution < -0.4 is 20.3 Å². The molecule has 0 fully saturated rings. The van der Waals surface area contributed by atoms with Crippen molar-refractivity contribution >= 4 is 16.8 Å². The molecular weight excluding hydrogens is 356 g/mol. The van der Waals surface area contributed by atoms with Gasteiger partial charge in [0.2, 0.25) is 5.91 Å². The minimum absolute atomic E-state index is 0.111. The van der Waals surface area contributed by atoms with Gasteiger partial charge in [-0.25, -0.2) is 0 Å². The van der Waals surface area contributed by atoms with Gasteiger partial charge in [0, 0.05) is 17.6 Å². The van der Waals surface area contributed by atoms with E-state index in [4.69, 9.17) is 9.47 Å². The van der Waals surface area contributed by atoms with E-state index in [1.54, 1.807) is 26.4 Å². The van der Waals surface area contributed by atoms with E-state index in [1.807, 2.05) is 37.3 Å². The number of ether oxygens (including phenoxy) is 2. The number of carbonyl (C=O) groups is 1. The second-order valence-corrected chi connectivity index (χ2v) is 6.68. The number of aromatic nitrogens is 1. The monoisotopic (exact) mass is 380 g/mol. The van der Waals surface area contributed by atoms with Crippen molar-refractivity contribution in [1.82, 2.24) is 10.3 Å². The third kappa shape index (κ3) is 4.52. The number of methoxy groups -OCH3 is 2. The molecule has 1 heterocycles. The molecule has 2 N–H and O–H groups in total. The molecule has 6 nitrogen and oxygen atoms in total. The second kappa shape index (κ2) is 8.61. The molecule has 3 rings (SSSR count). The quantitative estimate of drug-likeness (QED) is 0.660. The first kappa shape index (κ1) is 19.5. The fourth-order valence-corrected chi connectivity index (χ4v) is 3.12. The van der Waals surface area contributed by atoms with Crippen molar-refractivity contribution in [3.8, 4) is 11.5 Å². The standard InChI is InChI=1S/C22H24N2O4/c1-14-4-6-16-13-17(22(26)24-18(16)10-14)8-9-23-21(25)12-15-5-7-19(27-2)20(11-15)28-3/h4-7,10-11,13H,8-9,12H2,1-3H3,(H,23,25)(H,24,26). The minimum Gasteiger partial charge on any atom is -0.493 e. The van der Waals surface area contributed by atoms with Crippen LogP contribution in [0.5, 0.6) is 11.5 Å². The lowest BCUT2D eigenvalue weighted by Gasteiger charge is -2.10. The van der Waals surface area contributed by atoms with E-state index in [2.05, 4.69) is 10.3 Å². The molecule has 0 unspecified atom stereocenters. The van der Waals surface area contributed by atoms with Crippen molar-refractivity contribution in [2.75, 3.05) is 20.8 Å². The Morgan fingerprint density at radius 3 is 2.57 bits per heavy atom. The molecule has 1 amide bonds. The molecule has 0 aliphatic heterocycles. The van der Waals surface area contributed by atoms with Gasteiger partial charge in [-0.05, 0) is 54.1 Å². The summed E-state index contributed by atoms with van der Waals surface area (Å²) in [6.45, 7) is 2.38. The minimum atomic E-state index is -0.118. The summed E-state index contributed by atoms with van der Waals surface area (Å²) in [6.07, 6.45) is 0.699. The van der Waals surface area contributed by atoms with Crippen LogP contribution in [0.15, 0.2) is 47.3 Å². The molecule has 0 radical (unpaired) electrons. The number of rotatable bonds is 7. The van der Waals surface area contributed by atoms with Crippen LogP contribution in [0.4, 0.5) is 0 Å².